The molecule has 0 amide bonds. The molecule has 2 aromatic rings. The Bertz CT molecular complexity index is 697. The third-order valence-electron chi connectivity index (χ3n) is 4.62. The molecule has 1 N–H and O–H groups in total. The summed E-state index contributed by atoms with van der Waals surface area (Å²) in [7, 11) is 3.52. The van der Waals surface area contributed by atoms with Gasteiger partial charge in [0.25, 0.3) is 0 Å². The fourth-order valence-electron chi connectivity index (χ4n) is 3.38. The van der Waals surface area contributed by atoms with Crippen LogP contribution in [0.1, 0.15) is 18.7 Å². The lowest BCUT2D eigenvalue weighted by Gasteiger charge is -2.33. The van der Waals surface area contributed by atoms with Crippen molar-refractivity contribution < 1.29 is 14.6 Å². The molecule has 0 spiro atoms. The highest BCUT2D eigenvalue weighted by Gasteiger charge is 2.48. The van der Waals surface area contributed by atoms with Crippen LogP contribution in [0, 0.1) is 0 Å². The Kier molecular flexibility index (Phi) is 3.88. The van der Waals surface area contributed by atoms with Gasteiger partial charge in [-0.3, -0.25) is 9.69 Å². The number of aromatic nitrogens is 2. The van der Waals surface area contributed by atoms with E-state index in [2.05, 4.69) is 4.98 Å². The van der Waals surface area contributed by atoms with Crippen molar-refractivity contribution in [2.75, 3.05) is 20.3 Å². The molecular formula is C16H21N3O3. The summed E-state index contributed by atoms with van der Waals surface area (Å²) < 4.78 is 7.23. The summed E-state index contributed by atoms with van der Waals surface area (Å²) in [6.07, 6.45) is 1.47. The maximum absolute atomic E-state index is 11.8. The van der Waals surface area contributed by atoms with Gasteiger partial charge < -0.3 is 14.4 Å². The van der Waals surface area contributed by atoms with Crippen molar-refractivity contribution in [1.82, 2.24) is 14.5 Å². The van der Waals surface area contributed by atoms with Gasteiger partial charge in [-0.15, -0.1) is 0 Å². The minimum absolute atomic E-state index is 0.201. The molecular weight excluding hydrogens is 282 g/mol. The van der Waals surface area contributed by atoms with Crippen molar-refractivity contribution in [3.05, 3.63) is 30.1 Å². The number of carboxylic acids is 1. The molecule has 2 heterocycles. The van der Waals surface area contributed by atoms with Crippen LogP contribution >= 0.6 is 0 Å². The third-order valence-corrected chi connectivity index (χ3v) is 4.62. The molecule has 3 rings (SSSR count). The number of aryl methyl sites for hydroxylation is 1. The van der Waals surface area contributed by atoms with Crippen LogP contribution < -0.4 is 0 Å². The molecule has 22 heavy (non-hydrogen) atoms. The molecule has 0 radical (unpaired) electrons. The van der Waals surface area contributed by atoms with Gasteiger partial charge in [0.2, 0.25) is 0 Å². The highest BCUT2D eigenvalue weighted by atomic mass is 16.5. The van der Waals surface area contributed by atoms with Crippen molar-refractivity contribution in [2.45, 2.75) is 24.9 Å². The lowest BCUT2D eigenvalue weighted by Crippen LogP contribution is -2.53. The Morgan fingerprint density at radius 3 is 2.91 bits per heavy atom. The van der Waals surface area contributed by atoms with Crippen molar-refractivity contribution >= 4 is 17.0 Å². The number of carboxylic acid groups (broad SMARTS) is 1. The number of benzene rings is 1. The molecule has 0 saturated carbocycles. The molecule has 0 bridgehead atoms. The fraction of sp³-hybridized carbons (Fsp3) is 0.500. The highest BCUT2D eigenvalue weighted by Crippen LogP contribution is 2.32. The summed E-state index contributed by atoms with van der Waals surface area (Å²) in [5.74, 6) is 0.0652. The fourth-order valence-corrected chi connectivity index (χ4v) is 3.38. The molecule has 1 atom stereocenters. The number of likely N-dealkylation sites (tertiary alicyclic amines) is 1. The maximum atomic E-state index is 11.8. The van der Waals surface area contributed by atoms with Gasteiger partial charge in [-0.2, -0.15) is 0 Å². The number of aliphatic carboxylic acids is 1. The Morgan fingerprint density at radius 2 is 2.23 bits per heavy atom. The first-order valence-electron chi connectivity index (χ1n) is 7.46. The van der Waals surface area contributed by atoms with Gasteiger partial charge in [-0.25, -0.2) is 4.98 Å². The second-order valence-electron chi connectivity index (χ2n) is 5.87. The first kappa shape index (κ1) is 15.0. The van der Waals surface area contributed by atoms with E-state index in [9.17, 15) is 9.90 Å². The number of rotatable bonds is 5. The van der Waals surface area contributed by atoms with E-state index in [1.807, 2.05) is 40.8 Å². The van der Waals surface area contributed by atoms with E-state index < -0.39 is 11.5 Å². The van der Waals surface area contributed by atoms with E-state index in [1.54, 1.807) is 7.11 Å². The van der Waals surface area contributed by atoms with E-state index in [-0.39, 0.29) is 6.61 Å². The van der Waals surface area contributed by atoms with E-state index in [0.29, 0.717) is 13.0 Å². The SMILES string of the molecule is COCC1(C(=O)O)CCCN1Cc1nc2ccccc2n1C. The van der Waals surface area contributed by atoms with Gasteiger partial charge in [-0.1, -0.05) is 12.1 Å². The normalized spacial score (nSPS) is 22.5. The average Bonchev–Trinajstić information content (AvgIpc) is 3.04. The number of carbonyl (C=O) groups is 1. The van der Waals surface area contributed by atoms with Crippen LogP contribution in [0.25, 0.3) is 11.0 Å². The minimum atomic E-state index is -0.938. The van der Waals surface area contributed by atoms with E-state index >= 15 is 0 Å². The summed E-state index contributed by atoms with van der Waals surface area (Å²) in [4.78, 5) is 18.5. The average molecular weight is 303 g/mol. The second-order valence-corrected chi connectivity index (χ2v) is 5.87. The number of fused-ring (bicyclic) bond motifs is 1. The van der Waals surface area contributed by atoms with Crippen LogP contribution in [0.4, 0.5) is 0 Å². The molecule has 6 nitrogen and oxygen atoms in total. The Morgan fingerprint density at radius 1 is 1.45 bits per heavy atom. The molecule has 118 valence electrons. The molecule has 1 saturated heterocycles. The van der Waals surface area contributed by atoms with Crippen LogP contribution in [-0.4, -0.2) is 51.3 Å². The summed E-state index contributed by atoms with van der Waals surface area (Å²) in [6, 6.07) is 7.94. The lowest BCUT2D eigenvalue weighted by atomic mass is 9.97. The van der Waals surface area contributed by atoms with E-state index in [0.717, 1.165) is 29.8 Å². The third kappa shape index (κ3) is 2.28. The van der Waals surface area contributed by atoms with Gasteiger partial charge in [-0.05, 0) is 31.5 Å². The van der Waals surface area contributed by atoms with Crippen LogP contribution in [0.15, 0.2) is 24.3 Å². The number of hydrogen-bond acceptors (Lipinski definition) is 4. The first-order valence-corrected chi connectivity index (χ1v) is 7.46. The number of ether oxygens (including phenoxy) is 1. The topological polar surface area (TPSA) is 67.6 Å². The molecule has 1 unspecified atom stereocenters. The predicted molar refractivity (Wildman–Crippen MR) is 82.6 cm³/mol. The van der Waals surface area contributed by atoms with Gasteiger partial charge >= 0.3 is 5.97 Å². The minimum Gasteiger partial charge on any atom is -0.480 e. The molecule has 1 aliphatic rings. The number of nitrogens with zero attached hydrogens (tertiary/aromatic N) is 3. The Hall–Kier alpha value is -1.92. The summed E-state index contributed by atoms with van der Waals surface area (Å²) in [5, 5.41) is 9.70. The zero-order valence-corrected chi connectivity index (χ0v) is 13.0. The van der Waals surface area contributed by atoms with Crippen molar-refractivity contribution in [1.29, 1.82) is 0 Å². The molecule has 1 aromatic carbocycles. The van der Waals surface area contributed by atoms with E-state index in [1.165, 1.54) is 0 Å². The van der Waals surface area contributed by atoms with Crippen molar-refractivity contribution in [3.63, 3.8) is 0 Å². The smallest absolute Gasteiger partial charge is 0.326 e. The second kappa shape index (κ2) is 5.70. The van der Waals surface area contributed by atoms with Crippen LogP contribution in [0.3, 0.4) is 0 Å². The Labute approximate surface area is 129 Å². The van der Waals surface area contributed by atoms with Crippen LogP contribution in [0.5, 0.6) is 0 Å². The first-order chi connectivity index (χ1) is 10.6. The van der Waals surface area contributed by atoms with Gasteiger partial charge in [0.05, 0.1) is 24.2 Å². The molecule has 6 heteroatoms. The van der Waals surface area contributed by atoms with E-state index in [4.69, 9.17) is 4.74 Å². The zero-order valence-electron chi connectivity index (χ0n) is 13.0. The number of hydrogen-bond donors (Lipinski definition) is 1. The van der Waals surface area contributed by atoms with Gasteiger partial charge in [0.1, 0.15) is 11.4 Å². The van der Waals surface area contributed by atoms with Gasteiger partial charge in [0, 0.05) is 14.2 Å². The highest BCUT2D eigenvalue weighted by molar-refractivity contribution is 5.79. The largest absolute Gasteiger partial charge is 0.480 e. The number of methoxy groups -OCH3 is 1. The van der Waals surface area contributed by atoms with Crippen molar-refractivity contribution in [2.24, 2.45) is 7.05 Å². The monoisotopic (exact) mass is 303 g/mol. The predicted octanol–water partition coefficient (Wildman–Crippen LogP) is 1.64. The summed E-state index contributed by atoms with van der Waals surface area (Å²) in [5.41, 5.74) is 1.06. The van der Waals surface area contributed by atoms with Crippen LogP contribution in [-0.2, 0) is 23.1 Å². The zero-order chi connectivity index (χ0) is 15.7. The summed E-state index contributed by atoms with van der Waals surface area (Å²) in [6.45, 7) is 1.46. The maximum Gasteiger partial charge on any atom is 0.326 e. The Balaban J connectivity index is 1.93. The molecule has 1 aliphatic heterocycles. The molecule has 1 aromatic heterocycles. The summed E-state index contributed by atoms with van der Waals surface area (Å²) >= 11 is 0. The molecule has 0 aliphatic carbocycles. The van der Waals surface area contributed by atoms with Crippen LogP contribution in [0.2, 0.25) is 0 Å². The standard InChI is InChI=1S/C16H21N3O3/c1-18-13-7-4-3-6-12(13)17-14(18)10-19-9-5-8-16(19,11-22-2)15(20)21/h3-4,6-7H,5,8-11H2,1-2H3,(H,20,21). The lowest BCUT2D eigenvalue weighted by molar-refractivity contribution is -0.153. The number of imidazole rings is 1. The van der Waals surface area contributed by atoms with Crippen molar-refractivity contribution in [3.8, 4) is 0 Å². The molecule has 1 fully saturated rings. The number of para-hydroxylation sites is 2. The van der Waals surface area contributed by atoms with Gasteiger partial charge in [0.15, 0.2) is 0 Å². The quantitative estimate of drug-likeness (QED) is 0.909.